The summed E-state index contributed by atoms with van der Waals surface area (Å²) in [7, 11) is 0. The molecule has 8 nitrogen and oxygen atoms in total. The van der Waals surface area contributed by atoms with E-state index >= 15 is 0 Å². The number of hydrogen-bond acceptors (Lipinski definition) is 6. The molecule has 3 saturated heterocycles. The molecule has 1 atom stereocenters. The number of thioether (sulfide) groups is 1. The maximum absolute atomic E-state index is 13.6. The molecule has 2 amide bonds. The summed E-state index contributed by atoms with van der Waals surface area (Å²) in [5.41, 5.74) is 2.68. The van der Waals surface area contributed by atoms with Gasteiger partial charge in [0.2, 0.25) is 5.91 Å². The Kier molecular flexibility index (Phi) is 7.31. The number of benzene rings is 2. The molecule has 3 fully saturated rings. The Labute approximate surface area is 225 Å². The van der Waals surface area contributed by atoms with E-state index in [1.54, 1.807) is 4.90 Å². The minimum Gasteiger partial charge on any atom is -0.378 e. The summed E-state index contributed by atoms with van der Waals surface area (Å²) >= 11 is 1.39. The first-order chi connectivity index (χ1) is 18.7. The molecule has 0 spiro atoms. The van der Waals surface area contributed by atoms with Crippen molar-refractivity contribution in [3.05, 3.63) is 71.3 Å². The molecule has 0 unspecified atom stereocenters. The fourth-order valence-electron chi connectivity index (χ4n) is 5.08. The van der Waals surface area contributed by atoms with E-state index < -0.39 is 0 Å². The maximum Gasteiger partial charge on any atom is 0.266 e. The van der Waals surface area contributed by atoms with Gasteiger partial charge < -0.3 is 18.9 Å². The van der Waals surface area contributed by atoms with Crippen LogP contribution in [-0.2, 0) is 25.6 Å². The minimum atomic E-state index is -0.0681. The number of aromatic nitrogens is 1. The van der Waals surface area contributed by atoms with E-state index in [1.807, 2.05) is 76.3 Å². The zero-order valence-electron chi connectivity index (χ0n) is 21.1. The minimum absolute atomic E-state index is 0.0213. The number of morpholine rings is 1. The largest absolute Gasteiger partial charge is 0.378 e. The summed E-state index contributed by atoms with van der Waals surface area (Å²) in [4.78, 5) is 35.6. The van der Waals surface area contributed by atoms with Crippen LogP contribution in [0.2, 0.25) is 0 Å². The van der Waals surface area contributed by atoms with Gasteiger partial charge in [-0.1, -0.05) is 36.4 Å². The number of carbonyl (C=O) groups excluding carboxylic acids is 2. The number of amides is 2. The molecule has 4 heterocycles. The average Bonchev–Trinajstić information content (AvgIpc) is 3.66. The van der Waals surface area contributed by atoms with Crippen molar-refractivity contribution in [1.82, 2.24) is 14.4 Å². The molecule has 0 saturated carbocycles. The molecule has 0 radical (unpaired) electrons. The van der Waals surface area contributed by atoms with E-state index in [4.69, 9.17) is 14.5 Å². The van der Waals surface area contributed by atoms with Gasteiger partial charge >= 0.3 is 0 Å². The zero-order valence-corrected chi connectivity index (χ0v) is 21.9. The predicted octanol–water partition coefficient (Wildman–Crippen LogP) is 4.28. The second kappa shape index (κ2) is 11.1. The van der Waals surface area contributed by atoms with Gasteiger partial charge in [-0.05, 0) is 48.9 Å². The van der Waals surface area contributed by atoms with Gasteiger partial charge in [0, 0.05) is 42.4 Å². The van der Waals surface area contributed by atoms with Crippen LogP contribution in [0.25, 0.3) is 17.0 Å². The second-order valence-corrected chi connectivity index (χ2v) is 10.6. The van der Waals surface area contributed by atoms with Gasteiger partial charge in [0.05, 0.1) is 36.5 Å². The van der Waals surface area contributed by atoms with Crippen LogP contribution in [0.3, 0.4) is 0 Å². The standard InChI is InChI=1S/C29H30N4O4S/c34-27(31-12-15-36-16-13-31)20-32-18-21(24-10-4-5-11-25(24)32)17-26-28(35)33(19-23-9-6-14-37-23)29(38-26)30-22-7-2-1-3-8-22/h1-5,7-8,10-11,17-18,23H,6,9,12-16,19-20H2/b26-17-,30-29?/t23-/m1/s1. The number of para-hydroxylation sites is 2. The normalized spacial score (nSPS) is 22.3. The third kappa shape index (κ3) is 5.27. The SMILES string of the molecule is O=C(Cn1cc(/C=C2\SC(=Nc3ccccc3)N(C[C@H]3CCCO3)C2=O)c2ccccc21)N1CCOCC1. The van der Waals surface area contributed by atoms with Gasteiger partial charge in [-0.3, -0.25) is 14.5 Å². The molecule has 38 heavy (non-hydrogen) atoms. The van der Waals surface area contributed by atoms with E-state index in [1.165, 1.54) is 11.8 Å². The summed E-state index contributed by atoms with van der Waals surface area (Å²) in [6.45, 7) is 3.85. The number of nitrogens with zero attached hydrogens (tertiary/aromatic N) is 4. The highest BCUT2D eigenvalue weighted by Crippen LogP contribution is 2.36. The van der Waals surface area contributed by atoms with Gasteiger partial charge in [-0.25, -0.2) is 4.99 Å². The number of hydrogen-bond donors (Lipinski definition) is 0. The van der Waals surface area contributed by atoms with E-state index in [9.17, 15) is 9.59 Å². The van der Waals surface area contributed by atoms with Crippen molar-refractivity contribution in [3.63, 3.8) is 0 Å². The maximum atomic E-state index is 13.6. The molecule has 1 aromatic heterocycles. The van der Waals surface area contributed by atoms with Crippen LogP contribution in [0.5, 0.6) is 0 Å². The molecule has 9 heteroatoms. The Bertz CT molecular complexity index is 1390. The van der Waals surface area contributed by atoms with Crippen molar-refractivity contribution < 1.29 is 19.1 Å². The van der Waals surface area contributed by atoms with E-state index in [0.717, 1.165) is 41.6 Å². The summed E-state index contributed by atoms with van der Waals surface area (Å²) in [5.74, 6) is 0.000925. The first kappa shape index (κ1) is 24.9. The average molecular weight is 531 g/mol. The lowest BCUT2D eigenvalue weighted by Crippen LogP contribution is -2.42. The van der Waals surface area contributed by atoms with Crippen LogP contribution in [0, 0.1) is 0 Å². The Morgan fingerprint density at radius 1 is 1.05 bits per heavy atom. The molecule has 0 bridgehead atoms. The molecule has 0 N–H and O–H groups in total. The van der Waals surface area contributed by atoms with Crippen LogP contribution >= 0.6 is 11.8 Å². The third-order valence-corrected chi connectivity index (χ3v) is 8.06. The summed E-state index contributed by atoms with van der Waals surface area (Å²) in [6, 6.07) is 17.7. The summed E-state index contributed by atoms with van der Waals surface area (Å²) in [5, 5.41) is 1.66. The van der Waals surface area contributed by atoms with Crippen molar-refractivity contribution >= 4 is 51.4 Å². The number of aliphatic imine (C=N–C) groups is 1. The van der Waals surface area contributed by atoms with Crippen LogP contribution in [0.1, 0.15) is 18.4 Å². The molecule has 2 aromatic carbocycles. The van der Waals surface area contributed by atoms with Crippen molar-refractivity contribution in [2.45, 2.75) is 25.5 Å². The number of amidine groups is 1. The lowest BCUT2D eigenvalue weighted by molar-refractivity contribution is -0.135. The molecule has 3 aliphatic rings. The summed E-state index contributed by atoms with van der Waals surface area (Å²) in [6.07, 6.45) is 5.88. The number of rotatable bonds is 6. The van der Waals surface area contributed by atoms with Crippen molar-refractivity contribution in [3.8, 4) is 0 Å². The lowest BCUT2D eigenvalue weighted by atomic mass is 10.1. The van der Waals surface area contributed by atoms with Crippen LogP contribution in [-0.4, -0.2) is 76.9 Å². The first-order valence-electron chi connectivity index (χ1n) is 13.1. The molecule has 3 aromatic rings. The Hall–Kier alpha value is -3.40. The lowest BCUT2D eigenvalue weighted by Gasteiger charge is -2.27. The smallest absolute Gasteiger partial charge is 0.266 e. The Balaban J connectivity index is 1.31. The van der Waals surface area contributed by atoms with Gasteiger partial charge in [0.15, 0.2) is 5.17 Å². The van der Waals surface area contributed by atoms with E-state index in [2.05, 4.69) is 0 Å². The van der Waals surface area contributed by atoms with Crippen molar-refractivity contribution in [2.75, 3.05) is 39.5 Å². The van der Waals surface area contributed by atoms with Crippen molar-refractivity contribution in [2.24, 2.45) is 4.99 Å². The molecule has 3 aliphatic heterocycles. The molecule has 0 aliphatic carbocycles. The highest BCUT2D eigenvalue weighted by molar-refractivity contribution is 8.18. The topological polar surface area (TPSA) is 76.4 Å². The van der Waals surface area contributed by atoms with E-state index in [0.29, 0.717) is 42.9 Å². The highest BCUT2D eigenvalue weighted by atomic mass is 32.2. The third-order valence-electron chi connectivity index (χ3n) is 7.05. The van der Waals surface area contributed by atoms with Gasteiger partial charge in [-0.2, -0.15) is 0 Å². The molecular formula is C29H30N4O4S. The number of ether oxygens (including phenoxy) is 2. The van der Waals surface area contributed by atoms with Crippen LogP contribution in [0.15, 0.2) is 70.7 Å². The summed E-state index contributed by atoms with van der Waals surface area (Å²) < 4.78 is 13.2. The quantitative estimate of drug-likeness (QED) is 0.445. The monoisotopic (exact) mass is 530 g/mol. The molecule has 196 valence electrons. The highest BCUT2D eigenvalue weighted by Gasteiger charge is 2.36. The van der Waals surface area contributed by atoms with Crippen LogP contribution in [0.4, 0.5) is 5.69 Å². The zero-order chi connectivity index (χ0) is 25.9. The van der Waals surface area contributed by atoms with Gasteiger partial charge in [0.1, 0.15) is 6.54 Å². The molecular weight excluding hydrogens is 500 g/mol. The first-order valence-corrected chi connectivity index (χ1v) is 13.9. The van der Waals surface area contributed by atoms with Crippen LogP contribution < -0.4 is 0 Å². The van der Waals surface area contributed by atoms with E-state index in [-0.39, 0.29) is 24.5 Å². The Morgan fingerprint density at radius 3 is 2.63 bits per heavy atom. The number of fused-ring (bicyclic) bond motifs is 1. The van der Waals surface area contributed by atoms with Gasteiger partial charge in [-0.15, -0.1) is 0 Å². The van der Waals surface area contributed by atoms with Crippen molar-refractivity contribution in [1.29, 1.82) is 0 Å². The van der Waals surface area contributed by atoms with Gasteiger partial charge in [0.25, 0.3) is 5.91 Å². The number of carbonyl (C=O) groups is 2. The fourth-order valence-corrected chi connectivity index (χ4v) is 6.08. The molecule has 6 rings (SSSR count). The second-order valence-electron chi connectivity index (χ2n) is 9.61. The Morgan fingerprint density at radius 2 is 1.84 bits per heavy atom. The fraction of sp³-hybridized carbons (Fsp3) is 0.345. The predicted molar refractivity (Wildman–Crippen MR) is 149 cm³/mol.